The summed E-state index contributed by atoms with van der Waals surface area (Å²) in [6.07, 6.45) is 2.02. The molecular formula is C16H14N4. The van der Waals surface area contributed by atoms with Crippen molar-refractivity contribution in [1.29, 1.82) is 5.26 Å². The molecule has 4 nitrogen and oxygen atoms in total. The number of nitrogens with zero attached hydrogens (tertiary/aromatic N) is 2. The molecular weight excluding hydrogens is 248 g/mol. The Morgan fingerprint density at radius 3 is 2.75 bits per heavy atom. The van der Waals surface area contributed by atoms with Crippen LogP contribution in [0, 0.1) is 11.3 Å². The van der Waals surface area contributed by atoms with Crippen molar-refractivity contribution in [3.05, 3.63) is 54.2 Å². The van der Waals surface area contributed by atoms with Crippen molar-refractivity contribution in [2.75, 3.05) is 11.1 Å². The minimum atomic E-state index is 0.585. The minimum Gasteiger partial charge on any atom is -0.397 e. The Hall–Kier alpha value is -2.93. The fraction of sp³-hybridized carbons (Fsp3) is 0.0625. The van der Waals surface area contributed by atoms with E-state index in [0.29, 0.717) is 11.3 Å². The second-order valence-electron chi connectivity index (χ2n) is 4.71. The number of para-hydroxylation sites is 1. The van der Waals surface area contributed by atoms with Gasteiger partial charge >= 0.3 is 0 Å². The summed E-state index contributed by atoms with van der Waals surface area (Å²) in [5.74, 6) is 0. The fourth-order valence-corrected chi connectivity index (χ4v) is 2.32. The summed E-state index contributed by atoms with van der Waals surface area (Å²) in [6.45, 7) is 0. The molecule has 0 unspecified atom stereocenters. The number of aromatic nitrogens is 1. The van der Waals surface area contributed by atoms with E-state index in [0.717, 1.165) is 22.3 Å². The molecule has 20 heavy (non-hydrogen) atoms. The Bertz CT molecular complexity index is 824. The molecule has 0 amide bonds. The molecule has 0 radical (unpaired) electrons. The SMILES string of the molecule is Cn1cc(Nc2cc(C#N)ccc2N)c2ccccc21. The number of fused-ring (bicyclic) bond motifs is 1. The minimum absolute atomic E-state index is 0.585. The van der Waals surface area contributed by atoms with Gasteiger partial charge < -0.3 is 15.6 Å². The highest BCUT2D eigenvalue weighted by atomic mass is 15.0. The zero-order valence-electron chi connectivity index (χ0n) is 11.1. The Labute approximate surface area is 117 Å². The normalized spacial score (nSPS) is 10.4. The maximum atomic E-state index is 8.97. The maximum Gasteiger partial charge on any atom is 0.0992 e. The van der Waals surface area contributed by atoms with Crippen LogP contribution in [0.5, 0.6) is 0 Å². The van der Waals surface area contributed by atoms with E-state index < -0.39 is 0 Å². The van der Waals surface area contributed by atoms with Gasteiger partial charge in [-0.1, -0.05) is 18.2 Å². The third-order valence-corrected chi connectivity index (χ3v) is 3.35. The average molecular weight is 262 g/mol. The standard InChI is InChI=1S/C16H14N4/c1-20-10-15(12-4-2-3-5-16(12)20)19-14-8-11(9-17)6-7-13(14)18/h2-8,10,19H,18H2,1H3. The summed E-state index contributed by atoms with van der Waals surface area (Å²) in [5, 5.41) is 13.4. The lowest BCUT2D eigenvalue weighted by Gasteiger charge is -2.08. The van der Waals surface area contributed by atoms with Crippen LogP contribution < -0.4 is 11.1 Å². The van der Waals surface area contributed by atoms with E-state index >= 15 is 0 Å². The zero-order valence-corrected chi connectivity index (χ0v) is 11.1. The van der Waals surface area contributed by atoms with Gasteiger partial charge in [-0.25, -0.2) is 0 Å². The van der Waals surface area contributed by atoms with Gasteiger partial charge in [0.25, 0.3) is 0 Å². The van der Waals surface area contributed by atoms with Gasteiger partial charge in [-0.15, -0.1) is 0 Å². The fourth-order valence-electron chi connectivity index (χ4n) is 2.32. The lowest BCUT2D eigenvalue weighted by Crippen LogP contribution is -1.96. The molecule has 3 rings (SSSR count). The first-order valence-electron chi connectivity index (χ1n) is 6.30. The first-order chi connectivity index (χ1) is 9.69. The number of anilines is 3. The van der Waals surface area contributed by atoms with Gasteiger partial charge in [0, 0.05) is 24.1 Å². The van der Waals surface area contributed by atoms with E-state index in [1.807, 2.05) is 25.4 Å². The summed E-state index contributed by atoms with van der Waals surface area (Å²) < 4.78 is 2.06. The third kappa shape index (κ3) is 1.95. The third-order valence-electron chi connectivity index (χ3n) is 3.35. The van der Waals surface area contributed by atoms with E-state index in [4.69, 9.17) is 11.0 Å². The first kappa shape index (κ1) is 12.1. The zero-order chi connectivity index (χ0) is 14.1. The van der Waals surface area contributed by atoms with E-state index in [2.05, 4.69) is 28.1 Å². The number of nitrogens with one attached hydrogen (secondary N) is 1. The van der Waals surface area contributed by atoms with E-state index in [1.54, 1.807) is 18.2 Å². The molecule has 3 aromatic rings. The molecule has 0 aliphatic rings. The molecule has 1 aromatic heterocycles. The van der Waals surface area contributed by atoms with E-state index in [-0.39, 0.29) is 0 Å². The Morgan fingerprint density at radius 2 is 1.95 bits per heavy atom. The molecule has 0 fully saturated rings. The maximum absolute atomic E-state index is 8.97. The summed E-state index contributed by atoms with van der Waals surface area (Å²) in [4.78, 5) is 0. The quantitative estimate of drug-likeness (QED) is 0.696. The highest BCUT2D eigenvalue weighted by molar-refractivity contribution is 5.95. The molecule has 0 aliphatic carbocycles. The summed E-state index contributed by atoms with van der Waals surface area (Å²) in [6, 6.07) is 15.5. The van der Waals surface area contributed by atoms with Crippen LogP contribution in [0.15, 0.2) is 48.7 Å². The second-order valence-corrected chi connectivity index (χ2v) is 4.71. The molecule has 98 valence electrons. The van der Waals surface area contributed by atoms with Gasteiger partial charge in [-0.2, -0.15) is 5.26 Å². The molecule has 2 aromatic carbocycles. The van der Waals surface area contributed by atoms with Crippen LogP contribution in [0.3, 0.4) is 0 Å². The van der Waals surface area contributed by atoms with Crippen molar-refractivity contribution in [2.24, 2.45) is 7.05 Å². The number of rotatable bonds is 2. The van der Waals surface area contributed by atoms with Crippen molar-refractivity contribution in [3.63, 3.8) is 0 Å². The van der Waals surface area contributed by atoms with Gasteiger partial charge in [0.1, 0.15) is 0 Å². The Balaban J connectivity index is 2.08. The molecule has 0 bridgehead atoms. The number of nitrogen functional groups attached to an aromatic ring is 1. The number of aryl methyl sites for hydroxylation is 1. The number of benzene rings is 2. The average Bonchev–Trinajstić information content (AvgIpc) is 2.78. The van der Waals surface area contributed by atoms with Crippen molar-refractivity contribution in [3.8, 4) is 6.07 Å². The first-order valence-corrected chi connectivity index (χ1v) is 6.30. The Kier molecular flexibility index (Phi) is 2.81. The molecule has 0 atom stereocenters. The largest absolute Gasteiger partial charge is 0.397 e. The lowest BCUT2D eigenvalue weighted by atomic mass is 10.1. The van der Waals surface area contributed by atoms with Crippen molar-refractivity contribution < 1.29 is 0 Å². The predicted octanol–water partition coefficient (Wildman–Crippen LogP) is 3.38. The monoisotopic (exact) mass is 262 g/mol. The topological polar surface area (TPSA) is 66.8 Å². The van der Waals surface area contributed by atoms with Gasteiger partial charge in [-0.3, -0.25) is 0 Å². The highest BCUT2D eigenvalue weighted by Crippen LogP contribution is 2.30. The van der Waals surface area contributed by atoms with Crippen LogP contribution in [0.1, 0.15) is 5.56 Å². The second kappa shape index (κ2) is 4.63. The molecule has 3 N–H and O–H groups in total. The van der Waals surface area contributed by atoms with Crippen LogP contribution in [0.2, 0.25) is 0 Å². The van der Waals surface area contributed by atoms with Crippen LogP contribution in [0.4, 0.5) is 17.1 Å². The molecule has 0 spiro atoms. The molecule has 0 aliphatic heterocycles. The van der Waals surface area contributed by atoms with E-state index in [1.165, 1.54) is 0 Å². The molecule has 0 saturated carbocycles. The van der Waals surface area contributed by atoms with Gasteiger partial charge in [0.05, 0.1) is 28.7 Å². The number of hydrogen-bond donors (Lipinski definition) is 2. The van der Waals surface area contributed by atoms with Gasteiger partial charge in [0.15, 0.2) is 0 Å². The number of nitrogens with two attached hydrogens (primary N) is 1. The van der Waals surface area contributed by atoms with Crippen LogP contribution in [-0.4, -0.2) is 4.57 Å². The van der Waals surface area contributed by atoms with Crippen molar-refractivity contribution in [1.82, 2.24) is 4.57 Å². The van der Waals surface area contributed by atoms with Crippen molar-refractivity contribution in [2.45, 2.75) is 0 Å². The van der Waals surface area contributed by atoms with Crippen molar-refractivity contribution >= 4 is 28.0 Å². The predicted molar refractivity (Wildman–Crippen MR) is 81.8 cm³/mol. The van der Waals surface area contributed by atoms with Gasteiger partial charge in [-0.05, 0) is 24.3 Å². The summed E-state index contributed by atoms with van der Waals surface area (Å²) in [7, 11) is 2.00. The molecule has 1 heterocycles. The molecule has 4 heteroatoms. The summed E-state index contributed by atoms with van der Waals surface area (Å²) >= 11 is 0. The molecule has 0 saturated heterocycles. The van der Waals surface area contributed by atoms with Gasteiger partial charge in [0.2, 0.25) is 0 Å². The highest BCUT2D eigenvalue weighted by Gasteiger charge is 2.08. The number of nitriles is 1. The van der Waals surface area contributed by atoms with E-state index in [9.17, 15) is 0 Å². The smallest absolute Gasteiger partial charge is 0.0992 e. The summed E-state index contributed by atoms with van der Waals surface area (Å²) in [5.41, 5.74) is 10.0. The van der Waals surface area contributed by atoms with Crippen LogP contribution >= 0.6 is 0 Å². The van der Waals surface area contributed by atoms with Crippen LogP contribution in [-0.2, 0) is 7.05 Å². The lowest BCUT2D eigenvalue weighted by molar-refractivity contribution is 0.970. The van der Waals surface area contributed by atoms with Crippen LogP contribution in [0.25, 0.3) is 10.9 Å². The Morgan fingerprint density at radius 1 is 1.15 bits per heavy atom. The number of hydrogen-bond acceptors (Lipinski definition) is 3.